The van der Waals surface area contributed by atoms with Crippen molar-refractivity contribution in [3.05, 3.63) is 40.7 Å². The molecule has 7 nitrogen and oxygen atoms in total. The van der Waals surface area contributed by atoms with Crippen molar-refractivity contribution in [1.29, 1.82) is 0 Å². The van der Waals surface area contributed by atoms with Gasteiger partial charge in [0.15, 0.2) is 0 Å². The molecule has 0 radical (unpaired) electrons. The molecule has 2 atom stereocenters. The molecule has 0 saturated heterocycles. The van der Waals surface area contributed by atoms with Gasteiger partial charge in [-0.15, -0.1) is 0 Å². The summed E-state index contributed by atoms with van der Waals surface area (Å²) in [4.78, 5) is 42.1. The zero-order valence-corrected chi connectivity index (χ0v) is 19.9. The van der Waals surface area contributed by atoms with Crippen molar-refractivity contribution in [1.82, 2.24) is 15.6 Å². The molecule has 32 heavy (non-hydrogen) atoms. The summed E-state index contributed by atoms with van der Waals surface area (Å²) in [5.41, 5.74) is 1.43. The molecule has 1 saturated carbocycles. The summed E-state index contributed by atoms with van der Waals surface area (Å²) >= 11 is 5.93. The van der Waals surface area contributed by atoms with Crippen LogP contribution < -0.4 is 10.6 Å². The van der Waals surface area contributed by atoms with Crippen LogP contribution in [0.2, 0.25) is 0 Å². The standard InChI is InChI=1S/C23H29N3O4S2/c1-14(2)19(31)20(27)26-23(8-3-4-9-23)22(30)25-18(21(28)29)11-15-5-6-17(24-12-15)16-7-10-32-13-16/h5-7,10,12-14,18-19,31H,3-4,8-9,11H2,1-2H3,(H,25,30)(H,26,27)(H,28,29)/t18?,19-/m0/s1. The quantitative estimate of drug-likeness (QED) is 0.416. The minimum atomic E-state index is -1.13. The number of aromatic nitrogens is 1. The highest BCUT2D eigenvalue weighted by atomic mass is 32.1. The van der Waals surface area contributed by atoms with Crippen molar-refractivity contribution in [2.75, 3.05) is 0 Å². The molecule has 2 heterocycles. The number of nitrogens with zero attached hydrogens (tertiary/aromatic N) is 1. The van der Waals surface area contributed by atoms with Crippen LogP contribution in [-0.4, -0.2) is 44.7 Å². The number of carboxylic acid groups (broad SMARTS) is 1. The van der Waals surface area contributed by atoms with Crippen LogP contribution in [0.4, 0.5) is 0 Å². The molecule has 0 aliphatic heterocycles. The molecule has 1 unspecified atom stereocenters. The summed E-state index contributed by atoms with van der Waals surface area (Å²) in [6, 6.07) is 4.51. The number of rotatable bonds is 9. The third-order valence-corrected chi connectivity index (χ3v) is 7.35. The Labute approximate surface area is 197 Å². The van der Waals surface area contributed by atoms with Gasteiger partial charge in [-0.1, -0.05) is 32.8 Å². The van der Waals surface area contributed by atoms with E-state index in [4.69, 9.17) is 0 Å². The Morgan fingerprint density at radius 3 is 2.47 bits per heavy atom. The Kier molecular flexibility index (Phi) is 7.95. The molecule has 0 spiro atoms. The predicted octanol–water partition coefficient (Wildman–Crippen LogP) is 3.31. The fourth-order valence-electron chi connectivity index (χ4n) is 3.86. The first-order valence-corrected chi connectivity index (χ1v) is 12.2. The number of carbonyl (C=O) groups excluding carboxylic acids is 2. The number of hydrogen-bond donors (Lipinski definition) is 4. The lowest BCUT2D eigenvalue weighted by atomic mass is 9.94. The van der Waals surface area contributed by atoms with Crippen LogP contribution in [-0.2, 0) is 20.8 Å². The second kappa shape index (κ2) is 10.5. The van der Waals surface area contributed by atoms with Crippen LogP contribution in [0.25, 0.3) is 11.3 Å². The first kappa shape index (κ1) is 24.3. The Hall–Kier alpha value is -2.39. The molecule has 172 valence electrons. The van der Waals surface area contributed by atoms with E-state index in [1.165, 1.54) is 0 Å². The van der Waals surface area contributed by atoms with Crippen LogP contribution in [0.5, 0.6) is 0 Å². The minimum absolute atomic E-state index is 0.0103. The first-order valence-electron chi connectivity index (χ1n) is 10.7. The number of hydrogen-bond acceptors (Lipinski definition) is 6. The van der Waals surface area contributed by atoms with Gasteiger partial charge in [-0.3, -0.25) is 14.6 Å². The number of pyridine rings is 1. The molecular formula is C23H29N3O4S2. The second-order valence-electron chi connectivity index (χ2n) is 8.60. The third kappa shape index (κ3) is 5.69. The summed E-state index contributed by atoms with van der Waals surface area (Å²) in [5.74, 6) is -1.88. The average molecular weight is 476 g/mol. The SMILES string of the molecule is CC(C)[C@H](S)C(=O)NC1(C(=O)NC(Cc2ccc(-c3ccsc3)nc2)C(=O)O)CCCC1. The summed E-state index contributed by atoms with van der Waals surface area (Å²) in [7, 11) is 0. The number of carbonyl (C=O) groups is 3. The van der Waals surface area contributed by atoms with Crippen molar-refractivity contribution >= 4 is 41.7 Å². The Bertz CT molecular complexity index is 939. The lowest BCUT2D eigenvalue weighted by Crippen LogP contribution is -2.61. The van der Waals surface area contributed by atoms with Crippen molar-refractivity contribution in [2.45, 2.75) is 62.8 Å². The predicted molar refractivity (Wildman–Crippen MR) is 128 cm³/mol. The van der Waals surface area contributed by atoms with Gasteiger partial charge in [0.25, 0.3) is 0 Å². The van der Waals surface area contributed by atoms with E-state index in [-0.39, 0.29) is 18.2 Å². The Morgan fingerprint density at radius 1 is 1.22 bits per heavy atom. The van der Waals surface area contributed by atoms with E-state index in [1.807, 2.05) is 42.8 Å². The largest absolute Gasteiger partial charge is 0.480 e. The lowest BCUT2D eigenvalue weighted by Gasteiger charge is -2.32. The molecule has 9 heteroatoms. The average Bonchev–Trinajstić information content (AvgIpc) is 3.46. The minimum Gasteiger partial charge on any atom is -0.480 e. The molecular weight excluding hydrogens is 446 g/mol. The highest BCUT2D eigenvalue weighted by Gasteiger charge is 2.44. The number of nitrogens with one attached hydrogen (secondary N) is 2. The molecule has 1 aliphatic carbocycles. The maximum Gasteiger partial charge on any atom is 0.326 e. The monoisotopic (exact) mass is 475 g/mol. The smallest absolute Gasteiger partial charge is 0.326 e. The van der Waals surface area contributed by atoms with E-state index in [9.17, 15) is 19.5 Å². The van der Waals surface area contributed by atoms with E-state index < -0.39 is 28.7 Å². The molecule has 2 aromatic rings. The molecule has 1 fully saturated rings. The first-order chi connectivity index (χ1) is 15.2. The van der Waals surface area contributed by atoms with Gasteiger partial charge in [-0.05, 0) is 41.8 Å². The van der Waals surface area contributed by atoms with Crippen LogP contribution >= 0.6 is 24.0 Å². The van der Waals surface area contributed by atoms with Gasteiger partial charge in [0, 0.05) is 23.6 Å². The van der Waals surface area contributed by atoms with Gasteiger partial charge in [-0.25, -0.2) is 4.79 Å². The highest BCUT2D eigenvalue weighted by Crippen LogP contribution is 2.31. The molecule has 2 aromatic heterocycles. The van der Waals surface area contributed by atoms with Gasteiger partial charge in [0.1, 0.15) is 11.6 Å². The summed E-state index contributed by atoms with van der Waals surface area (Å²) in [5, 5.41) is 18.7. The van der Waals surface area contributed by atoms with E-state index in [1.54, 1.807) is 17.5 Å². The van der Waals surface area contributed by atoms with Crippen LogP contribution in [0.1, 0.15) is 45.1 Å². The van der Waals surface area contributed by atoms with Crippen molar-refractivity contribution in [2.24, 2.45) is 5.92 Å². The Balaban J connectivity index is 1.70. The fourth-order valence-corrected chi connectivity index (χ4v) is 4.57. The number of thiophene rings is 1. The molecule has 3 N–H and O–H groups in total. The molecule has 2 amide bonds. The van der Waals surface area contributed by atoms with Crippen molar-refractivity contribution in [3.8, 4) is 11.3 Å². The molecule has 3 rings (SSSR count). The zero-order chi connectivity index (χ0) is 23.3. The van der Waals surface area contributed by atoms with Crippen LogP contribution in [0, 0.1) is 5.92 Å². The van der Waals surface area contributed by atoms with Gasteiger partial charge in [0.2, 0.25) is 11.8 Å². The van der Waals surface area contributed by atoms with E-state index in [2.05, 4.69) is 28.2 Å². The summed E-state index contributed by atoms with van der Waals surface area (Å²) < 4.78 is 0. The molecule has 0 bridgehead atoms. The van der Waals surface area contributed by atoms with E-state index in [0.29, 0.717) is 18.4 Å². The fraction of sp³-hybridized carbons (Fsp3) is 0.478. The topological polar surface area (TPSA) is 108 Å². The number of carboxylic acids is 1. The number of aliphatic carboxylic acids is 1. The normalized spacial score (nSPS) is 17.0. The van der Waals surface area contributed by atoms with Gasteiger partial charge < -0.3 is 15.7 Å². The van der Waals surface area contributed by atoms with Gasteiger partial charge in [-0.2, -0.15) is 24.0 Å². The van der Waals surface area contributed by atoms with Crippen LogP contribution in [0.15, 0.2) is 35.2 Å². The Morgan fingerprint density at radius 2 is 1.94 bits per heavy atom. The maximum atomic E-state index is 13.2. The molecule has 1 aliphatic rings. The van der Waals surface area contributed by atoms with Crippen LogP contribution in [0.3, 0.4) is 0 Å². The molecule has 0 aromatic carbocycles. The van der Waals surface area contributed by atoms with Crippen molar-refractivity contribution < 1.29 is 19.5 Å². The maximum absolute atomic E-state index is 13.2. The second-order valence-corrected chi connectivity index (χ2v) is 9.94. The lowest BCUT2D eigenvalue weighted by molar-refractivity contribution is -0.143. The number of amides is 2. The van der Waals surface area contributed by atoms with E-state index >= 15 is 0 Å². The van der Waals surface area contributed by atoms with Gasteiger partial charge >= 0.3 is 5.97 Å². The summed E-state index contributed by atoms with van der Waals surface area (Å²) in [6.45, 7) is 3.77. The van der Waals surface area contributed by atoms with Crippen molar-refractivity contribution in [3.63, 3.8) is 0 Å². The summed E-state index contributed by atoms with van der Waals surface area (Å²) in [6.07, 6.45) is 4.27. The van der Waals surface area contributed by atoms with E-state index in [0.717, 1.165) is 24.1 Å². The highest BCUT2D eigenvalue weighted by molar-refractivity contribution is 7.81. The zero-order valence-electron chi connectivity index (χ0n) is 18.2. The number of thiol groups is 1. The van der Waals surface area contributed by atoms with Gasteiger partial charge in [0.05, 0.1) is 10.9 Å². The third-order valence-electron chi connectivity index (χ3n) is 5.84.